The van der Waals surface area contributed by atoms with Gasteiger partial charge >= 0.3 is 6.09 Å². The fourth-order valence-corrected chi connectivity index (χ4v) is 3.35. The fraction of sp³-hybridized carbons (Fsp3) is 0.412. The van der Waals surface area contributed by atoms with Crippen molar-refractivity contribution in [1.29, 1.82) is 0 Å². The summed E-state index contributed by atoms with van der Waals surface area (Å²) in [5.41, 5.74) is 5.82. The molecular formula is C17H22FN3O3S. The Hall–Kier alpha value is -2.06. The number of amides is 1. The van der Waals surface area contributed by atoms with Crippen LogP contribution in [0.4, 0.5) is 9.18 Å². The van der Waals surface area contributed by atoms with E-state index in [1.54, 1.807) is 6.07 Å². The van der Waals surface area contributed by atoms with Gasteiger partial charge in [0.05, 0.1) is 12.3 Å². The third kappa shape index (κ3) is 5.47. The summed E-state index contributed by atoms with van der Waals surface area (Å²) in [6.45, 7) is 4.73. The number of hydrogen-bond donors (Lipinski definition) is 1. The van der Waals surface area contributed by atoms with Crippen molar-refractivity contribution in [3.63, 3.8) is 0 Å². The molecule has 0 saturated carbocycles. The maximum atomic E-state index is 13.4. The van der Waals surface area contributed by atoms with Crippen LogP contribution in [0.1, 0.15) is 31.3 Å². The molecule has 2 aromatic rings. The molecule has 0 spiro atoms. The zero-order valence-corrected chi connectivity index (χ0v) is 15.3. The quantitative estimate of drug-likeness (QED) is 0.723. The Balaban J connectivity index is 2.10. The van der Waals surface area contributed by atoms with Crippen LogP contribution in [0.2, 0.25) is 0 Å². The molecule has 0 fully saturated rings. The molecule has 6 nitrogen and oxygen atoms in total. The van der Waals surface area contributed by atoms with E-state index in [1.165, 1.54) is 23.9 Å². The minimum absolute atomic E-state index is 0.0989. The van der Waals surface area contributed by atoms with E-state index in [2.05, 4.69) is 23.6 Å². The summed E-state index contributed by atoms with van der Waals surface area (Å²) in [5.74, 6) is 0.701. The largest absolute Gasteiger partial charge is 0.447 e. The maximum Gasteiger partial charge on any atom is 0.404 e. The molecule has 0 saturated heterocycles. The predicted octanol–water partition coefficient (Wildman–Crippen LogP) is 3.45. The Labute approximate surface area is 150 Å². The molecule has 8 heteroatoms. The van der Waals surface area contributed by atoms with Crippen LogP contribution in [0.25, 0.3) is 0 Å². The van der Waals surface area contributed by atoms with Gasteiger partial charge in [-0.3, -0.25) is 0 Å². The van der Waals surface area contributed by atoms with Gasteiger partial charge in [0.25, 0.3) is 0 Å². The number of carbonyl (C=O) groups is 1. The summed E-state index contributed by atoms with van der Waals surface area (Å²) in [5, 5.41) is 0.951. The smallest absolute Gasteiger partial charge is 0.404 e. The molecule has 2 N–H and O–H groups in total. The Kier molecular flexibility index (Phi) is 6.83. The number of ether oxygens (including phenoxy) is 2. The van der Waals surface area contributed by atoms with Crippen LogP contribution >= 0.6 is 11.8 Å². The lowest BCUT2D eigenvalue weighted by Gasteiger charge is -2.09. The molecule has 1 aromatic heterocycles. The molecule has 0 bridgehead atoms. The van der Waals surface area contributed by atoms with Gasteiger partial charge < -0.3 is 19.8 Å². The highest BCUT2D eigenvalue weighted by molar-refractivity contribution is 7.99. The van der Waals surface area contributed by atoms with E-state index in [0.29, 0.717) is 0 Å². The number of halogens is 1. The molecule has 1 amide bonds. The monoisotopic (exact) mass is 367 g/mol. The van der Waals surface area contributed by atoms with E-state index in [-0.39, 0.29) is 31.6 Å². The van der Waals surface area contributed by atoms with Crippen LogP contribution in [-0.4, -0.2) is 28.9 Å². The van der Waals surface area contributed by atoms with Crippen molar-refractivity contribution in [2.45, 2.75) is 36.3 Å². The number of primary amides is 1. The van der Waals surface area contributed by atoms with Gasteiger partial charge in [-0.05, 0) is 24.1 Å². The highest BCUT2D eigenvalue weighted by atomic mass is 32.2. The van der Waals surface area contributed by atoms with Crippen molar-refractivity contribution >= 4 is 17.9 Å². The number of carbonyl (C=O) groups excluding carboxylic acids is 1. The van der Waals surface area contributed by atoms with Crippen molar-refractivity contribution in [2.24, 2.45) is 12.8 Å². The van der Waals surface area contributed by atoms with Gasteiger partial charge in [-0.1, -0.05) is 31.7 Å². The second-order valence-corrected chi connectivity index (χ2v) is 6.77. The van der Waals surface area contributed by atoms with Crippen molar-refractivity contribution in [3.05, 3.63) is 41.6 Å². The Morgan fingerprint density at radius 2 is 2.16 bits per heavy atom. The first-order chi connectivity index (χ1) is 11.9. The van der Waals surface area contributed by atoms with Gasteiger partial charge in [-0.15, -0.1) is 0 Å². The van der Waals surface area contributed by atoms with E-state index in [0.717, 1.165) is 21.4 Å². The first kappa shape index (κ1) is 19.3. The summed E-state index contributed by atoms with van der Waals surface area (Å²) in [7, 11) is 1.90. The van der Waals surface area contributed by atoms with Crippen LogP contribution in [0.3, 0.4) is 0 Å². The summed E-state index contributed by atoms with van der Waals surface area (Å²) in [6, 6.07) is 6.47. The van der Waals surface area contributed by atoms with Gasteiger partial charge in [0.15, 0.2) is 0 Å². The third-order valence-electron chi connectivity index (χ3n) is 3.42. The SMILES string of the molecule is CC(C)c1nc(COCCOC(N)=O)n(C)c1Sc1cccc(F)c1. The van der Waals surface area contributed by atoms with E-state index >= 15 is 0 Å². The Morgan fingerprint density at radius 1 is 1.40 bits per heavy atom. The molecule has 136 valence electrons. The predicted molar refractivity (Wildman–Crippen MR) is 93.0 cm³/mol. The lowest BCUT2D eigenvalue weighted by molar-refractivity contribution is 0.0640. The highest BCUT2D eigenvalue weighted by Crippen LogP contribution is 2.34. The molecule has 0 unspecified atom stereocenters. The zero-order valence-electron chi connectivity index (χ0n) is 14.5. The van der Waals surface area contributed by atoms with Crippen LogP contribution in [0.15, 0.2) is 34.2 Å². The number of hydrogen-bond acceptors (Lipinski definition) is 5. The summed E-state index contributed by atoms with van der Waals surface area (Å²) in [6.07, 6.45) is -0.823. The average Bonchev–Trinajstić information content (AvgIpc) is 2.84. The van der Waals surface area contributed by atoms with Gasteiger partial charge in [0.1, 0.15) is 29.9 Å². The first-order valence-electron chi connectivity index (χ1n) is 7.87. The molecule has 25 heavy (non-hydrogen) atoms. The van der Waals surface area contributed by atoms with Crippen LogP contribution in [0, 0.1) is 5.82 Å². The number of nitrogens with zero attached hydrogens (tertiary/aromatic N) is 2. The Morgan fingerprint density at radius 3 is 2.80 bits per heavy atom. The first-order valence-corrected chi connectivity index (χ1v) is 8.69. The standard InChI is InChI=1S/C17H22FN3O3S/c1-11(2)15-16(25-13-6-4-5-12(18)9-13)21(3)14(20-15)10-23-7-8-24-17(19)22/h4-6,9,11H,7-8,10H2,1-3H3,(H2,19,22). The van der Waals surface area contributed by atoms with E-state index in [1.807, 2.05) is 17.7 Å². The van der Waals surface area contributed by atoms with Gasteiger partial charge in [0, 0.05) is 11.9 Å². The molecule has 1 heterocycles. The normalized spacial score (nSPS) is 11.1. The van der Waals surface area contributed by atoms with Crippen molar-refractivity contribution in [1.82, 2.24) is 9.55 Å². The van der Waals surface area contributed by atoms with Crippen molar-refractivity contribution in [3.8, 4) is 0 Å². The topological polar surface area (TPSA) is 79.4 Å². The number of rotatable bonds is 8. The molecule has 1 aromatic carbocycles. The molecular weight excluding hydrogens is 345 g/mol. The van der Waals surface area contributed by atoms with Gasteiger partial charge in [-0.2, -0.15) is 0 Å². The van der Waals surface area contributed by atoms with Crippen LogP contribution < -0.4 is 5.73 Å². The zero-order chi connectivity index (χ0) is 18.4. The minimum Gasteiger partial charge on any atom is -0.447 e. The lowest BCUT2D eigenvalue weighted by atomic mass is 10.2. The van der Waals surface area contributed by atoms with E-state index in [9.17, 15) is 9.18 Å². The second-order valence-electron chi connectivity index (χ2n) is 5.71. The molecule has 0 aliphatic carbocycles. The lowest BCUT2D eigenvalue weighted by Crippen LogP contribution is -2.16. The second kappa shape index (κ2) is 8.87. The third-order valence-corrected chi connectivity index (χ3v) is 4.59. The van der Waals surface area contributed by atoms with E-state index in [4.69, 9.17) is 10.5 Å². The fourth-order valence-electron chi connectivity index (χ4n) is 2.18. The summed E-state index contributed by atoms with van der Waals surface area (Å²) < 4.78 is 25.5. The van der Waals surface area contributed by atoms with Crippen LogP contribution in [-0.2, 0) is 23.1 Å². The average molecular weight is 367 g/mol. The van der Waals surface area contributed by atoms with Gasteiger partial charge in [0.2, 0.25) is 0 Å². The number of aromatic nitrogens is 2. The molecule has 2 rings (SSSR count). The molecule has 0 atom stereocenters. The summed E-state index contributed by atoms with van der Waals surface area (Å²) in [4.78, 5) is 16.0. The minimum atomic E-state index is -0.823. The number of nitrogens with two attached hydrogens (primary N) is 1. The molecule has 0 aliphatic heterocycles. The van der Waals surface area contributed by atoms with Crippen molar-refractivity contribution in [2.75, 3.05) is 13.2 Å². The van der Waals surface area contributed by atoms with Gasteiger partial charge in [-0.25, -0.2) is 14.2 Å². The van der Waals surface area contributed by atoms with Crippen LogP contribution in [0.5, 0.6) is 0 Å². The highest BCUT2D eigenvalue weighted by Gasteiger charge is 2.18. The molecule has 0 radical (unpaired) electrons. The molecule has 0 aliphatic rings. The Bertz CT molecular complexity index is 734. The number of imidazole rings is 1. The number of benzene rings is 1. The maximum absolute atomic E-state index is 13.4. The summed E-state index contributed by atoms with van der Waals surface area (Å²) >= 11 is 1.47. The van der Waals surface area contributed by atoms with Crippen molar-refractivity contribution < 1.29 is 18.7 Å². The van der Waals surface area contributed by atoms with E-state index < -0.39 is 6.09 Å².